The summed E-state index contributed by atoms with van der Waals surface area (Å²) in [6.45, 7) is 4.00. The molecule has 2 heterocycles. The Labute approximate surface area is 132 Å². The van der Waals surface area contributed by atoms with Gasteiger partial charge in [0.1, 0.15) is 5.15 Å². The zero-order valence-corrected chi connectivity index (χ0v) is 13.9. The fraction of sp³-hybridized carbons (Fsp3) is 0.400. The molecule has 1 saturated heterocycles. The molecule has 3 rings (SSSR count). The van der Waals surface area contributed by atoms with Gasteiger partial charge in [-0.2, -0.15) is 5.10 Å². The van der Waals surface area contributed by atoms with Gasteiger partial charge in [-0.25, -0.2) is 0 Å². The van der Waals surface area contributed by atoms with Crippen molar-refractivity contribution >= 4 is 27.5 Å². The van der Waals surface area contributed by atoms with Crippen LogP contribution < -0.4 is 5.32 Å². The van der Waals surface area contributed by atoms with Crippen molar-refractivity contribution in [1.82, 2.24) is 15.1 Å². The van der Waals surface area contributed by atoms with Gasteiger partial charge in [-0.3, -0.25) is 4.68 Å². The summed E-state index contributed by atoms with van der Waals surface area (Å²) in [5.41, 5.74) is 3.69. The summed E-state index contributed by atoms with van der Waals surface area (Å²) in [7, 11) is 1.89. The lowest BCUT2D eigenvalue weighted by Crippen LogP contribution is -2.58. The third kappa shape index (κ3) is 2.30. The third-order valence-corrected chi connectivity index (χ3v) is 5.17. The number of halogens is 2. The van der Waals surface area contributed by atoms with E-state index >= 15 is 0 Å². The van der Waals surface area contributed by atoms with Crippen molar-refractivity contribution in [3.63, 3.8) is 0 Å². The Morgan fingerprint density at radius 1 is 1.35 bits per heavy atom. The molecular weight excluding hydrogens is 338 g/mol. The highest BCUT2D eigenvalue weighted by atomic mass is 79.9. The molecule has 0 radical (unpaired) electrons. The summed E-state index contributed by atoms with van der Waals surface area (Å²) < 4.78 is 2.87. The van der Waals surface area contributed by atoms with Crippen molar-refractivity contribution in [3.05, 3.63) is 50.7 Å². The molecule has 106 valence electrons. The molecule has 1 aliphatic rings. The molecule has 2 aromatic rings. The predicted molar refractivity (Wildman–Crippen MR) is 85.3 cm³/mol. The zero-order valence-electron chi connectivity index (χ0n) is 11.6. The number of rotatable bonds is 3. The second-order valence-corrected chi connectivity index (χ2v) is 6.82. The van der Waals surface area contributed by atoms with Crippen LogP contribution in [0.25, 0.3) is 0 Å². The first-order chi connectivity index (χ1) is 9.52. The van der Waals surface area contributed by atoms with Gasteiger partial charge in [0, 0.05) is 35.6 Å². The maximum absolute atomic E-state index is 6.39. The van der Waals surface area contributed by atoms with Gasteiger partial charge >= 0.3 is 0 Å². The first kappa shape index (κ1) is 14.1. The molecule has 0 bridgehead atoms. The van der Waals surface area contributed by atoms with Crippen molar-refractivity contribution in [2.24, 2.45) is 7.05 Å². The molecule has 0 aliphatic carbocycles. The van der Waals surface area contributed by atoms with Gasteiger partial charge in [0.2, 0.25) is 0 Å². The van der Waals surface area contributed by atoms with Crippen molar-refractivity contribution in [3.8, 4) is 0 Å². The van der Waals surface area contributed by atoms with E-state index in [1.54, 1.807) is 4.68 Å². The van der Waals surface area contributed by atoms with Crippen molar-refractivity contribution < 1.29 is 0 Å². The molecule has 0 unspecified atom stereocenters. The van der Waals surface area contributed by atoms with E-state index in [1.807, 2.05) is 14.0 Å². The predicted octanol–water partition coefficient (Wildman–Crippen LogP) is 3.23. The number of nitrogens with zero attached hydrogens (tertiary/aromatic N) is 2. The minimum atomic E-state index is 0.137. The van der Waals surface area contributed by atoms with Gasteiger partial charge in [-0.1, -0.05) is 39.7 Å². The summed E-state index contributed by atoms with van der Waals surface area (Å²) >= 11 is 9.88. The molecule has 5 heteroatoms. The summed E-state index contributed by atoms with van der Waals surface area (Å²) in [5, 5.41) is 8.57. The Morgan fingerprint density at radius 2 is 2.00 bits per heavy atom. The highest BCUT2D eigenvalue weighted by Crippen LogP contribution is 2.36. The number of benzene rings is 1. The van der Waals surface area contributed by atoms with E-state index in [9.17, 15) is 0 Å². The quantitative estimate of drug-likeness (QED) is 0.917. The Balaban J connectivity index is 1.96. The molecule has 1 aromatic heterocycles. The lowest BCUT2D eigenvalue weighted by atomic mass is 9.71. The van der Waals surface area contributed by atoms with Crippen LogP contribution in [0.3, 0.4) is 0 Å². The molecule has 3 nitrogen and oxygen atoms in total. The van der Waals surface area contributed by atoms with E-state index in [4.69, 9.17) is 11.6 Å². The Hall–Kier alpha value is -0.840. The first-order valence-electron chi connectivity index (χ1n) is 6.67. The van der Waals surface area contributed by atoms with E-state index in [0.29, 0.717) is 0 Å². The van der Waals surface area contributed by atoms with Gasteiger partial charge in [-0.15, -0.1) is 0 Å². The van der Waals surface area contributed by atoms with Crippen molar-refractivity contribution in [2.45, 2.75) is 18.8 Å². The fourth-order valence-corrected chi connectivity index (χ4v) is 3.38. The molecule has 0 atom stereocenters. The van der Waals surface area contributed by atoms with Crippen LogP contribution in [0.2, 0.25) is 5.15 Å². The normalized spacial score (nSPS) is 17.0. The Morgan fingerprint density at radius 3 is 2.45 bits per heavy atom. The summed E-state index contributed by atoms with van der Waals surface area (Å²) in [4.78, 5) is 0. The maximum Gasteiger partial charge on any atom is 0.130 e. The van der Waals surface area contributed by atoms with Gasteiger partial charge in [0.05, 0.1) is 5.69 Å². The summed E-state index contributed by atoms with van der Waals surface area (Å²) in [6, 6.07) is 8.61. The van der Waals surface area contributed by atoms with Crippen LogP contribution in [-0.4, -0.2) is 22.9 Å². The SMILES string of the molecule is Cc1nn(C)c(Cl)c1CC1(c2ccc(Br)cc2)CNC1. The number of aromatic nitrogens is 2. The highest BCUT2D eigenvalue weighted by Gasteiger charge is 2.40. The van der Waals surface area contributed by atoms with Gasteiger partial charge in [0.15, 0.2) is 0 Å². The van der Waals surface area contributed by atoms with Crippen LogP contribution >= 0.6 is 27.5 Å². The largest absolute Gasteiger partial charge is 0.315 e. The van der Waals surface area contributed by atoms with E-state index in [0.717, 1.165) is 34.8 Å². The van der Waals surface area contributed by atoms with Crippen LogP contribution in [0.1, 0.15) is 16.8 Å². The van der Waals surface area contributed by atoms with Crippen LogP contribution in [-0.2, 0) is 18.9 Å². The van der Waals surface area contributed by atoms with E-state index < -0.39 is 0 Å². The Bertz CT molecular complexity index is 629. The fourth-order valence-electron chi connectivity index (χ4n) is 2.87. The van der Waals surface area contributed by atoms with E-state index in [1.165, 1.54) is 11.1 Å². The van der Waals surface area contributed by atoms with Gasteiger partial charge in [-0.05, 0) is 31.0 Å². The molecule has 20 heavy (non-hydrogen) atoms. The van der Waals surface area contributed by atoms with Crippen molar-refractivity contribution in [2.75, 3.05) is 13.1 Å². The maximum atomic E-state index is 6.39. The molecule has 1 N–H and O–H groups in total. The molecule has 1 aliphatic heterocycles. The zero-order chi connectivity index (χ0) is 14.3. The topological polar surface area (TPSA) is 29.9 Å². The number of hydrogen-bond acceptors (Lipinski definition) is 2. The second-order valence-electron chi connectivity index (χ2n) is 5.55. The number of nitrogens with one attached hydrogen (secondary N) is 1. The third-order valence-electron chi connectivity index (χ3n) is 4.17. The highest BCUT2D eigenvalue weighted by molar-refractivity contribution is 9.10. The minimum absolute atomic E-state index is 0.137. The molecular formula is C15H17BrClN3. The molecule has 1 fully saturated rings. The molecule has 0 amide bonds. The van der Waals surface area contributed by atoms with Gasteiger partial charge in [0.25, 0.3) is 0 Å². The van der Waals surface area contributed by atoms with E-state index in [-0.39, 0.29) is 5.41 Å². The smallest absolute Gasteiger partial charge is 0.130 e. The monoisotopic (exact) mass is 353 g/mol. The van der Waals surface area contributed by atoms with Crippen LogP contribution in [0.4, 0.5) is 0 Å². The first-order valence-corrected chi connectivity index (χ1v) is 7.84. The number of hydrogen-bond donors (Lipinski definition) is 1. The molecule has 0 saturated carbocycles. The standard InChI is InChI=1S/C15H17BrClN3/c1-10-13(14(17)20(2)19-10)7-15(8-18-9-15)11-3-5-12(16)6-4-11/h3-6,18H,7-9H2,1-2H3. The number of aryl methyl sites for hydroxylation is 2. The summed E-state index contributed by atoms with van der Waals surface area (Å²) in [5.74, 6) is 0. The minimum Gasteiger partial charge on any atom is -0.315 e. The molecule has 1 aromatic carbocycles. The van der Waals surface area contributed by atoms with Gasteiger partial charge < -0.3 is 5.32 Å². The van der Waals surface area contributed by atoms with Crippen molar-refractivity contribution in [1.29, 1.82) is 0 Å². The van der Waals surface area contributed by atoms with Crippen LogP contribution in [0, 0.1) is 6.92 Å². The average molecular weight is 355 g/mol. The lowest BCUT2D eigenvalue weighted by molar-refractivity contribution is 0.274. The van der Waals surface area contributed by atoms with E-state index in [2.05, 4.69) is 50.6 Å². The van der Waals surface area contributed by atoms with Crippen LogP contribution in [0.15, 0.2) is 28.7 Å². The second kappa shape index (κ2) is 5.17. The molecule has 0 spiro atoms. The van der Waals surface area contributed by atoms with Crippen LogP contribution in [0.5, 0.6) is 0 Å². The lowest BCUT2D eigenvalue weighted by Gasteiger charge is -2.43. The average Bonchev–Trinajstić information content (AvgIpc) is 2.61. The Kier molecular flexibility index (Phi) is 3.65. The summed E-state index contributed by atoms with van der Waals surface area (Å²) in [6.07, 6.45) is 0.931.